The fraction of sp³-hybridized carbons (Fsp3) is 0.111. The Labute approximate surface area is 132 Å². The van der Waals surface area contributed by atoms with Crippen molar-refractivity contribution in [3.8, 4) is 0 Å². The molecular formula is C18H14N2O3. The fourth-order valence-corrected chi connectivity index (χ4v) is 3.11. The summed E-state index contributed by atoms with van der Waals surface area (Å²) in [6.07, 6.45) is 1.33. The van der Waals surface area contributed by atoms with Crippen molar-refractivity contribution in [3.63, 3.8) is 0 Å². The average molecular weight is 306 g/mol. The first kappa shape index (κ1) is 13.7. The molecule has 1 aliphatic rings. The minimum Gasteiger partial charge on any atom is -0.375 e. The lowest BCUT2D eigenvalue weighted by Crippen LogP contribution is -2.36. The van der Waals surface area contributed by atoms with E-state index in [1.54, 1.807) is 30.5 Å². The molecule has 0 bridgehead atoms. The van der Waals surface area contributed by atoms with Crippen molar-refractivity contribution in [3.05, 3.63) is 65.9 Å². The lowest BCUT2D eigenvalue weighted by molar-refractivity contribution is -0.133. The van der Waals surface area contributed by atoms with Crippen LogP contribution in [0.4, 0.5) is 5.69 Å². The number of aromatic amines is 1. The number of aliphatic hydroxyl groups is 1. The molecule has 3 aromatic rings. The maximum absolute atomic E-state index is 12.7. The van der Waals surface area contributed by atoms with Crippen LogP contribution < -0.4 is 5.32 Å². The van der Waals surface area contributed by atoms with Crippen LogP contribution in [0.2, 0.25) is 0 Å². The smallest absolute Gasteiger partial charge is 0.261 e. The highest BCUT2D eigenvalue weighted by Crippen LogP contribution is 2.39. The Bertz CT molecular complexity index is 944. The summed E-state index contributed by atoms with van der Waals surface area (Å²) < 4.78 is 0. The van der Waals surface area contributed by atoms with Crippen molar-refractivity contribution in [2.24, 2.45) is 0 Å². The number of hydrogen-bond acceptors (Lipinski definition) is 3. The lowest BCUT2D eigenvalue weighted by atomic mass is 9.88. The van der Waals surface area contributed by atoms with Gasteiger partial charge in [0.1, 0.15) is 0 Å². The van der Waals surface area contributed by atoms with Crippen LogP contribution >= 0.6 is 0 Å². The molecule has 5 nitrogen and oxygen atoms in total. The second-order valence-electron chi connectivity index (χ2n) is 5.71. The molecule has 2 heterocycles. The molecule has 4 rings (SSSR count). The summed E-state index contributed by atoms with van der Waals surface area (Å²) in [4.78, 5) is 27.9. The van der Waals surface area contributed by atoms with Crippen LogP contribution in [0.3, 0.4) is 0 Å². The number of fused-ring (bicyclic) bond motifs is 2. The first-order valence-corrected chi connectivity index (χ1v) is 7.32. The molecule has 0 saturated heterocycles. The maximum atomic E-state index is 12.7. The normalized spacial score (nSPS) is 19.6. The van der Waals surface area contributed by atoms with E-state index in [-0.39, 0.29) is 12.2 Å². The standard InChI is InChI=1S/C18H14N2O3/c21-16(12-10-19-14-7-3-1-5-11(12)14)9-18(23)13-6-2-4-8-15(13)20-17(18)22/h1-8,10,19,23H,9H2,(H,20,22)/t18-/m1/s1. The predicted octanol–water partition coefficient (Wildman–Crippen LogP) is 2.58. The first-order chi connectivity index (χ1) is 11.1. The average Bonchev–Trinajstić information content (AvgIpc) is 3.08. The molecule has 5 heteroatoms. The maximum Gasteiger partial charge on any atom is 0.261 e. The van der Waals surface area contributed by atoms with Crippen LogP contribution in [-0.2, 0) is 10.4 Å². The van der Waals surface area contributed by atoms with Crippen LogP contribution in [0.25, 0.3) is 10.9 Å². The van der Waals surface area contributed by atoms with E-state index in [0.29, 0.717) is 16.8 Å². The number of para-hydroxylation sites is 2. The van der Waals surface area contributed by atoms with Gasteiger partial charge in [-0.25, -0.2) is 0 Å². The predicted molar refractivity (Wildman–Crippen MR) is 86.2 cm³/mol. The monoisotopic (exact) mass is 306 g/mol. The van der Waals surface area contributed by atoms with Crippen LogP contribution in [0.15, 0.2) is 54.7 Å². The number of carbonyl (C=O) groups is 2. The Morgan fingerprint density at radius 3 is 2.70 bits per heavy atom. The van der Waals surface area contributed by atoms with Gasteiger partial charge in [-0.3, -0.25) is 9.59 Å². The number of Topliss-reactive ketones (excluding diaryl/α,β-unsaturated/α-hetero) is 1. The van der Waals surface area contributed by atoms with E-state index in [9.17, 15) is 14.7 Å². The third kappa shape index (κ3) is 1.98. The summed E-state index contributed by atoms with van der Waals surface area (Å²) in [5, 5.41) is 14.2. The van der Waals surface area contributed by atoms with Crippen molar-refractivity contribution in [1.82, 2.24) is 4.98 Å². The zero-order valence-electron chi connectivity index (χ0n) is 12.2. The number of aromatic nitrogens is 1. The number of ketones is 1. The minimum absolute atomic E-state index is 0.281. The molecule has 0 fully saturated rings. The van der Waals surface area contributed by atoms with Crippen LogP contribution in [-0.4, -0.2) is 21.8 Å². The fourth-order valence-electron chi connectivity index (χ4n) is 3.11. The Hall–Kier alpha value is -2.92. The van der Waals surface area contributed by atoms with Crippen molar-refractivity contribution >= 4 is 28.3 Å². The number of hydrogen-bond donors (Lipinski definition) is 3. The zero-order chi connectivity index (χ0) is 16.0. The van der Waals surface area contributed by atoms with E-state index in [4.69, 9.17) is 0 Å². The van der Waals surface area contributed by atoms with Gasteiger partial charge in [0.2, 0.25) is 0 Å². The zero-order valence-corrected chi connectivity index (χ0v) is 12.2. The molecule has 0 unspecified atom stereocenters. The Balaban J connectivity index is 1.73. The van der Waals surface area contributed by atoms with Gasteiger partial charge < -0.3 is 15.4 Å². The van der Waals surface area contributed by atoms with Gasteiger partial charge in [-0.2, -0.15) is 0 Å². The van der Waals surface area contributed by atoms with Crippen molar-refractivity contribution in [2.75, 3.05) is 5.32 Å². The summed E-state index contributed by atoms with van der Waals surface area (Å²) in [5.41, 5.74) is 0.488. The Morgan fingerprint density at radius 1 is 1.09 bits per heavy atom. The molecule has 0 radical (unpaired) electrons. The molecule has 3 N–H and O–H groups in total. The molecule has 114 valence electrons. The summed E-state index contributed by atoms with van der Waals surface area (Å²) in [7, 11) is 0. The van der Waals surface area contributed by atoms with Crippen molar-refractivity contribution in [1.29, 1.82) is 0 Å². The number of nitrogens with one attached hydrogen (secondary N) is 2. The molecular weight excluding hydrogens is 292 g/mol. The highest BCUT2D eigenvalue weighted by atomic mass is 16.3. The van der Waals surface area contributed by atoms with E-state index < -0.39 is 11.5 Å². The molecule has 1 atom stereocenters. The number of benzene rings is 2. The number of anilines is 1. The highest BCUT2D eigenvalue weighted by molar-refractivity contribution is 6.13. The number of amides is 1. The Kier molecular flexibility index (Phi) is 2.86. The van der Waals surface area contributed by atoms with Gasteiger partial charge in [0, 0.05) is 33.9 Å². The molecule has 0 spiro atoms. The van der Waals surface area contributed by atoms with E-state index in [2.05, 4.69) is 10.3 Å². The highest BCUT2D eigenvalue weighted by Gasteiger charge is 2.46. The van der Waals surface area contributed by atoms with Gasteiger partial charge in [0.05, 0.1) is 6.42 Å². The second-order valence-corrected chi connectivity index (χ2v) is 5.71. The van der Waals surface area contributed by atoms with Gasteiger partial charge in [0.25, 0.3) is 5.91 Å². The van der Waals surface area contributed by atoms with Crippen molar-refractivity contribution in [2.45, 2.75) is 12.0 Å². The first-order valence-electron chi connectivity index (χ1n) is 7.32. The minimum atomic E-state index is -1.83. The van der Waals surface area contributed by atoms with Crippen molar-refractivity contribution < 1.29 is 14.7 Å². The largest absolute Gasteiger partial charge is 0.375 e. The Morgan fingerprint density at radius 2 is 1.83 bits per heavy atom. The number of carbonyl (C=O) groups excluding carboxylic acids is 2. The quantitative estimate of drug-likeness (QED) is 0.650. The molecule has 1 aromatic heterocycles. The SMILES string of the molecule is O=C(C[C@]1(O)C(=O)Nc2ccccc21)c1c[nH]c2ccccc12. The van der Waals surface area contributed by atoms with Crippen LogP contribution in [0.5, 0.6) is 0 Å². The summed E-state index contributed by atoms with van der Waals surface area (Å²) >= 11 is 0. The van der Waals surface area contributed by atoms with Gasteiger partial charge in [-0.15, -0.1) is 0 Å². The van der Waals surface area contributed by atoms with E-state index >= 15 is 0 Å². The molecule has 0 saturated carbocycles. The van der Waals surface area contributed by atoms with Gasteiger partial charge >= 0.3 is 0 Å². The number of rotatable bonds is 3. The van der Waals surface area contributed by atoms with Crippen LogP contribution in [0, 0.1) is 0 Å². The molecule has 23 heavy (non-hydrogen) atoms. The third-order valence-electron chi connectivity index (χ3n) is 4.30. The number of H-pyrrole nitrogens is 1. The summed E-state index contributed by atoms with van der Waals surface area (Å²) in [5.74, 6) is -0.844. The molecule has 1 aliphatic heterocycles. The van der Waals surface area contributed by atoms with Gasteiger partial charge in [-0.05, 0) is 12.1 Å². The molecule has 1 amide bonds. The third-order valence-corrected chi connectivity index (χ3v) is 4.30. The molecule has 2 aromatic carbocycles. The second kappa shape index (κ2) is 4.79. The summed E-state index contributed by atoms with van der Waals surface area (Å²) in [6.45, 7) is 0. The van der Waals surface area contributed by atoms with E-state index in [1.165, 1.54) is 0 Å². The van der Waals surface area contributed by atoms with E-state index in [0.717, 1.165) is 10.9 Å². The van der Waals surface area contributed by atoms with Gasteiger partial charge in [0.15, 0.2) is 11.4 Å². The van der Waals surface area contributed by atoms with Gasteiger partial charge in [-0.1, -0.05) is 36.4 Å². The van der Waals surface area contributed by atoms with Crippen LogP contribution in [0.1, 0.15) is 22.3 Å². The topological polar surface area (TPSA) is 82.2 Å². The lowest BCUT2D eigenvalue weighted by Gasteiger charge is -2.19. The summed E-state index contributed by atoms with van der Waals surface area (Å²) in [6, 6.07) is 14.3. The van der Waals surface area contributed by atoms with E-state index in [1.807, 2.05) is 24.3 Å². The molecule has 0 aliphatic carbocycles.